The SMILES string of the molecule is Cc1ccsc1CNc1ccnc(C(N)=O)c1. The molecule has 0 aliphatic heterocycles. The number of aryl methyl sites for hydroxylation is 1. The minimum atomic E-state index is -0.513. The number of pyridine rings is 1. The van der Waals surface area contributed by atoms with Gasteiger partial charge < -0.3 is 11.1 Å². The fourth-order valence-electron chi connectivity index (χ4n) is 1.44. The molecule has 0 saturated heterocycles. The summed E-state index contributed by atoms with van der Waals surface area (Å²) in [5, 5.41) is 5.31. The first-order valence-electron chi connectivity index (χ1n) is 5.19. The van der Waals surface area contributed by atoms with Gasteiger partial charge in [-0.3, -0.25) is 9.78 Å². The number of hydrogen-bond acceptors (Lipinski definition) is 4. The molecule has 0 aliphatic carbocycles. The van der Waals surface area contributed by atoms with Crippen LogP contribution >= 0.6 is 11.3 Å². The number of nitrogens with zero attached hydrogens (tertiary/aromatic N) is 1. The zero-order valence-electron chi connectivity index (χ0n) is 9.43. The maximum Gasteiger partial charge on any atom is 0.267 e. The van der Waals surface area contributed by atoms with Crippen molar-refractivity contribution in [3.05, 3.63) is 45.9 Å². The van der Waals surface area contributed by atoms with Gasteiger partial charge in [0.15, 0.2) is 0 Å². The highest BCUT2D eigenvalue weighted by Gasteiger charge is 2.03. The number of primary amides is 1. The molecule has 0 aliphatic rings. The van der Waals surface area contributed by atoms with Gasteiger partial charge in [0.1, 0.15) is 5.69 Å². The first-order chi connectivity index (χ1) is 8.16. The van der Waals surface area contributed by atoms with Crippen LogP contribution in [0.25, 0.3) is 0 Å². The Kier molecular flexibility index (Phi) is 3.39. The Morgan fingerprint density at radius 3 is 3.00 bits per heavy atom. The molecule has 4 nitrogen and oxygen atoms in total. The number of anilines is 1. The number of thiophene rings is 1. The highest BCUT2D eigenvalue weighted by molar-refractivity contribution is 7.10. The maximum atomic E-state index is 11.0. The van der Waals surface area contributed by atoms with Gasteiger partial charge >= 0.3 is 0 Å². The fourth-order valence-corrected chi connectivity index (χ4v) is 2.29. The van der Waals surface area contributed by atoms with Gasteiger partial charge in [-0.05, 0) is 36.1 Å². The van der Waals surface area contributed by atoms with Gasteiger partial charge in [-0.1, -0.05) is 0 Å². The Bertz CT molecular complexity index is 536. The van der Waals surface area contributed by atoms with Crippen molar-refractivity contribution >= 4 is 22.9 Å². The summed E-state index contributed by atoms with van der Waals surface area (Å²) in [5.74, 6) is -0.513. The van der Waals surface area contributed by atoms with Crippen LogP contribution in [-0.2, 0) is 6.54 Å². The number of carbonyl (C=O) groups excluding carboxylic acids is 1. The Hall–Kier alpha value is -1.88. The summed E-state index contributed by atoms with van der Waals surface area (Å²) < 4.78 is 0. The van der Waals surface area contributed by atoms with Gasteiger partial charge in [-0.15, -0.1) is 11.3 Å². The lowest BCUT2D eigenvalue weighted by molar-refractivity contribution is 0.0995. The van der Waals surface area contributed by atoms with E-state index >= 15 is 0 Å². The van der Waals surface area contributed by atoms with Gasteiger partial charge in [0.2, 0.25) is 0 Å². The summed E-state index contributed by atoms with van der Waals surface area (Å²) in [6.45, 7) is 2.82. The zero-order chi connectivity index (χ0) is 12.3. The fraction of sp³-hybridized carbons (Fsp3) is 0.167. The van der Waals surface area contributed by atoms with Crippen molar-refractivity contribution in [2.45, 2.75) is 13.5 Å². The standard InChI is InChI=1S/C12H13N3OS/c1-8-3-5-17-11(8)7-15-9-2-4-14-10(6-9)12(13)16/h2-6H,7H2,1H3,(H2,13,16)(H,14,15). The van der Waals surface area contributed by atoms with Gasteiger partial charge in [-0.2, -0.15) is 0 Å². The maximum absolute atomic E-state index is 11.0. The van der Waals surface area contributed by atoms with E-state index < -0.39 is 5.91 Å². The molecule has 0 bridgehead atoms. The molecule has 0 aromatic carbocycles. The molecule has 2 aromatic rings. The lowest BCUT2D eigenvalue weighted by Gasteiger charge is -2.06. The summed E-state index contributed by atoms with van der Waals surface area (Å²) in [6.07, 6.45) is 1.57. The number of rotatable bonds is 4. The third-order valence-electron chi connectivity index (χ3n) is 2.43. The highest BCUT2D eigenvalue weighted by Crippen LogP contribution is 2.17. The number of nitrogens with two attached hydrogens (primary N) is 1. The quantitative estimate of drug-likeness (QED) is 0.870. The number of hydrogen-bond donors (Lipinski definition) is 2. The molecule has 17 heavy (non-hydrogen) atoms. The van der Waals surface area contributed by atoms with E-state index in [9.17, 15) is 4.79 Å². The first-order valence-corrected chi connectivity index (χ1v) is 6.07. The first kappa shape index (κ1) is 11.6. The molecule has 5 heteroatoms. The number of aromatic nitrogens is 1. The van der Waals surface area contributed by atoms with Crippen LogP contribution < -0.4 is 11.1 Å². The molecule has 3 N–H and O–H groups in total. The summed E-state index contributed by atoms with van der Waals surface area (Å²) in [4.78, 5) is 16.1. The van der Waals surface area contributed by atoms with E-state index in [2.05, 4.69) is 28.7 Å². The van der Waals surface area contributed by atoms with E-state index in [4.69, 9.17) is 5.73 Å². The topological polar surface area (TPSA) is 68.0 Å². The van der Waals surface area contributed by atoms with Crippen molar-refractivity contribution in [3.63, 3.8) is 0 Å². The van der Waals surface area contributed by atoms with E-state index in [1.165, 1.54) is 10.4 Å². The Morgan fingerprint density at radius 2 is 2.35 bits per heavy atom. The molecule has 1 amide bonds. The lowest BCUT2D eigenvalue weighted by Crippen LogP contribution is -2.13. The van der Waals surface area contributed by atoms with Crippen molar-refractivity contribution in [1.29, 1.82) is 0 Å². The molecular formula is C12H13N3OS. The average molecular weight is 247 g/mol. The molecule has 0 unspecified atom stereocenters. The van der Waals surface area contributed by atoms with E-state index in [-0.39, 0.29) is 5.69 Å². The van der Waals surface area contributed by atoms with E-state index in [0.29, 0.717) is 0 Å². The highest BCUT2D eigenvalue weighted by atomic mass is 32.1. The van der Waals surface area contributed by atoms with Crippen LogP contribution in [0.15, 0.2) is 29.8 Å². The molecule has 2 aromatic heterocycles. The summed E-state index contributed by atoms with van der Waals surface area (Å²) in [5.41, 5.74) is 7.56. The third-order valence-corrected chi connectivity index (χ3v) is 3.46. The summed E-state index contributed by atoms with van der Waals surface area (Å²) >= 11 is 1.71. The van der Waals surface area contributed by atoms with Gasteiger partial charge in [-0.25, -0.2) is 0 Å². The molecule has 0 atom stereocenters. The van der Waals surface area contributed by atoms with Crippen molar-refractivity contribution in [2.24, 2.45) is 5.73 Å². The number of amides is 1. The summed E-state index contributed by atoms with van der Waals surface area (Å²) in [7, 11) is 0. The molecule has 0 radical (unpaired) electrons. The van der Waals surface area contributed by atoms with Crippen LogP contribution in [0.3, 0.4) is 0 Å². The third kappa shape index (κ3) is 2.82. The van der Waals surface area contributed by atoms with Crippen molar-refractivity contribution in [2.75, 3.05) is 5.32 Å². The predicted octanol–water partition coefficient (Wildman–Crippen LogP) is 2.16. The monoisotopic (exact) mass is 247 g/mol. The molecular weight excluding hydrogens is 234 g/mol. The number of nitrogens with one attached hydrogen (secondary N) is 1. The Balaban J connectivity index is 2.07. The molecule has 2 rings (SSSR count). The molecule has 88 valence electrons. The second-order valence-corrected chi connectivity index (χ2v) is 4.68. The van der Waals surface area contributed by atoms with Crippen LogP contribution in [0.2, 0.25) is 0 Å². The van der Waals surface area contributed by atoms with Gasteiger partial charge in [0.05, 0.1) is 0 Å². The number of carbonyl (C=O) groups is 1. The normalized spacial score (nSPS) is 10.2. The lowest BCUT2D eigenvalue weighted by atomic mass is 10.2. The minimum Gasteiger partial charge on any atom is -0.380 e. The minimum absolute atomic E-state index is 0.276. The van der Waals surface area contributed by atoms with E-state index in [1.807, 2.05) is 6.07 Å². The largest absolute Gasteiger partial charge is 0.380 e. The average Bonchev–Trinajstić information content (AvgIpc) is 2.72. The Morgan fingerprint density at radius 1 is 1.53 bits per heavy atom. The zero-order valence-corrected chi connectivity index (χ0v) is 10.3. The molecule has 0 saturated carbocycles. The van der Waals surface area contributed by atoms with Crippen LogP contribution in [0.5, 0.6) is 0 Å². The van der Waals surface area contributed by atoms with Crippen LogP contribution in [-0.4, -0.2) is 10.9 Å². The second kappa shape index (κ2) is 4.97. The van der Waals surface area contributed by atoms with Gasteiger partial charge in [0, 0.05) is 23.3 Å². The van der Waals surface area contributed by atoms with E-state index in [1.54, 1.807) is 23.6 Å². The molecule has 2 heterocycles. The smallest absolute Gasteiger partial charge is 0.267 e. The van der Waals surface area contributed by atoms with E-state index in [0.717, 1.165) is 12.2 Å². The Labute approximate surface area is 103 Å². The predicted molar refractivity (Wildman–Crippen MR) is 69.1 cm³/mol. The molecule has 0 spiro atoms. The van der Waals surface area contributed by atoms with Crippen molar-refractivity contribution < 1.29 is 4.79 Å². The second-order valence-electron chi connectivity index (χ2n) is 3.67. The van der Waals surface area contributed by atoms with Crippen molar-refractivity contribution in [1.82, 2.24) is 4.98 Å². The van der Waals surface area contributed by atoms with Crippen LogP contribution in [0, 0.1) is 6.92 Å². The van der Waals surface area contributed by atoms with Crippen LogP contribution in [0.4, 0.5) is 5.69 Å². The van der Waals surface area contributed by atoms with Crippen molar-refractivity contribution in [3.8, 4) is 0 Å². The van der Waals surface area contributed by atoms with Crippen LogP contribution in [0.1, 0.15) is 20.9 Å². The molecule has 0 fully saturated rings. The summed E-state index contributed by atoms with van der Waals surface area (Å²) in [6, 6.07) is 5.56. The van der Waals surface area contributed by atoms with Gasteiger partial charge in [0.25, 0.3) is 5.91 Å².